The van der Waals surface area contributed by atoms with Gasteiger partial charge in [0.1, 0.15) is 0 Å². The maximum absolute atomic E-state index is 10.9. The van der Waals surface area contributed by atoms with Crippen molar-refractivity contribution >= 4 is 17.6 Å². The zero-order chi connectivity index (χ0) is 11.3. The summed E-state index contributed by atoms with van der Waals surface area (Å²) in [7, 11) is 1.35. The highest BCUT2D eigenvalue weighted by molar-refractivity contribution is 6.30. The Morgan fingerprint density at radius 1 is 1.73 bits per heavy atom. The van der Waals surface area contributed by atoms with E-state index in [1.807, 2.05) is 0 Å². The molecule has 15 heavy (non-hydrogen) atoms. The first kappa shape index (κ1) is 11.9. The van der Waals surface area contributed by atoms with Crippen LogP contribution in [0.15, 0.2) is 18.3 Å². The largest absolute Gasteiger partial charge is 0.469 e. The van der Waals surface area contributed by atoms with Crippen LogP contribution in [-0.4, -0.2) is 18.1 Å². The summed E-state index contributed by atoms with van der Waals surface area (Å²) in [6.07, 6.45) is 2.38. The van der Waals surface area contributed by atoms with Crippen molar-refractivity contribution in [1.82, 2.24) is 4.98 Å². The molecule has 2 N–H and O–H groups in total. The zero-order valence-electron chi connectivity index (χ0n) is 8.44. The molecule has 1 aromatic heterocycles. The standard InChI is InChI=1S/C10H13ClN2O2/c1-15-10(14)3-2-8(12)9-6-7(11)4-5-13-9/h4-6,8H,2-3,12H2,1H3. The van der Waals surface area contributed by atoms with Crippen LogP contribution >= 0.6 is 11.6 Å². The minimum Gasteiger partial charge on any atom is -0.469 e. The number of hydrogen-bond donors (Lipinski definition) is 1. The summed E-state index contributed by atoms with van der Waals surface area (Å²) in [4.78, 5) is 15.0. The number of halogens is 1. The van der Waals surface area contributed by atoms with Crippen LogP contribution in [0.1, 0.15) is 24.6 Å². The third kappa shape index (κ3) is 3.85. The monoisotopic (exact) mass is 228 g/mol. The van der Waals surface area contributed by atoms with Gasteiger partial charge in [-0.3, -0.25) is 9.78 Å². The van der Waals surface area contributed by atoms with Gasteiger partial charge in [0.2, 0.25) is 0 Å². The van der Waals surface area contributed by atoms with Gasteiger partial charge >= 0.3 is 5.97 Å². The molecule has 0 aliphatic heterocycles. The summed E-state index contributed by atoms with van der Waals surface area (Å²) in [5, 5.41) is 0.591. The average molecular weight is 229 g/mol. The lowest BCUT2D eigenvalue weighted by molar-refractivity contribution is -0.140. The third-order valence-corrected chi connectivity index (χ3v) is 2.25. The Balaban J connectivity index is 2.53. The lowest BCUT2D eigenvalue weighted by Crippen LogP contribution is -2.14. The van der Waals surface area contributed by atoms with E-state index in [1.54, 1.807) is 18.3 Å². The van der Waals surface area contributed by atoms with Crippen molar-refractivity contribution in [2.75, 3.05) is 7.11 Å². The molecule has 0 aliphatic carbocycles. The number of methoxy groups -OCH3 is 1. The lowest BCUT2D eigenvalue weighted by atomic mass is 10.1. The number of esters is 1. The van der Waals surface area contributed by atoms with Crippen LogP contribution in [0.3, 0.4) is 0 Å². The number of hydrogen-bond acceptors (Lipinski definition) is 4. The van der Waals surface area contributed by atoms with Gasteiger partial charge in [0, 0.05) is 23.7 Å². The molecule has 4 nitrogen and oxygen atoms in total. The Morgan fingerprint density at radius 3 is 3.07 bits per heavy atom. The first-order valence-corrected chi connectivity index (χ1v) is 4.95. The molecular formula is C10H13ClN2O2. The summed E-state index contributed by atoms with van der Waals surface area (Å²) >= 11 is 5.79. The molecule has 5 heteroatoms. The van der Waals surface area contributed by atoms with Crippen molar-refractivity contribution in [1.29, 1.82) is 0 Å². The first-order chi connectivity index (χ1) is 7.13. The molecule has 0 bridgehead atoms. The Kier molecular flexibility index (Phi) is 4.52. The van der Waals surface area contributed by atoms with E-state index in [1.165, 1.54) is 7.11 Å². The van der Waals surface area contributed by atoms with E-state index >= 15 is 0 Å². The molecule has 1 aromatic rings. The predicted octanol–water partition coefficient (Wildman–Crippen LogP) is 1.69. The number of carbonyl (C=O) groups excluding carboxylic acids is 1. The molecule has 1 heterocycles. The number of aromatic nitrogens is 1. The summed E-state index contributed by atoms with van der Waals surface area (Å²) < 4.78 is 4.52. The summed E-state index contributed by atoms with van der Waals surface area (Å²) in [6, 6.07) is 3.09. The molecule has 82 valence electrons. The highest BCUT2D eigenvalue weighted by atomic mass is 35.5. The van der Waals surface area contributed by atoms with E-state index in [0.29, 0.717) is 17.1 Å². The van der Waals surface area contributed by atoms with Crippen molar-refractivity contribution in [3.05, 3.63) is 29.0 Å². The molecular weight excluding hydrogens is 216 g/mol. The minimum absolute atomic E-state index is 0.271. The Bertz CT molecular complexity index is 344. The Morgan fingerprint density at radius 2 is 2.47 bits per heavy atom. The molecule has 0 amide bonds. The average Bonchev–Trinajstić information content (AvgIpc) is 2.25. The topological polar surface area (TPSA) is 65.2 Å². The number of ether oxygens (including phenoxy) is 1. The molecule has 1 rings (SSSR count). The quantitative estimate of drug-likeness (QED) is 0.797. The number of nitrogens with two attached hydrogens (primary N) is 1. The van der Waals surface area contributed by atoms with Gasteiger partial charge in [-0.05, 0) is 18.6 Å². The van der Waals surface area contributed by atoms with Gasteiger partial charge < -0.3 is 10.5 Å². The second-order valence-corrected chi connectivity index (χ2v) is 3.56. The van der Waals surface area contributed by atoms with Crippen LogP contribution in [-0.2, 0) is 9.53 Å². The van der Waals surface area contributed by atoms with Gasteiger partial charge in [-0.1, -0.05) is 11.6 Å². The smallest absolute Gasteiger partial charge is 0.305 e. The molecule has 0 aromatic carbocycles. The molecule has 1 unspecified atom stereocenters. The normalized spacial score (nSPS) is 12.2. The molecule has 1 atom stereocenters. The van der Waals surface area contributed by atoms with E-state index in [0.717, 1.165) is 0 Å². The molecule has 0 fully saturated rings. The molecule has 0 radical (unpaired) electrons. The first-order valence-electron chi connectivity index (χ1n) is 4.57. The van der Waals surface area contributed by atoms with Gasteiger partial charge in [0.25, 0.3) is 0 Å². The molecule has 0 saturated carbocycles. The maximum Gasteiger partial charge on any atom is 0.305 e. The fraction of sp³-hybridized carbons (Fsp3) is 0.400. The van der Waals surface area contributed by atoms with E-state index < -0.39 is 0 Å². The fourth-order valence-electron chi connectivity index (χ4n) is 1.15. The maximum atomic E-state index is 10.9. The lowest BCUT2D eigenvalue weighted by Gasteiger charge is -2.09. The van der Waals surface area contributed by atoms with Crippen LogP contribution < -0.4 is 5.73 Å². The number of carbonyl (C=O) groups is 1. The van der Waals surface area contributed by atoms with Crippen molar-refractivity contribution in [2.24, 2.45) is 5.73 Å². The number of rotatable bonds is 4. The van der Waals surface area contributed by atoms with Crippen LogP contribution in [0.25, 0.3) is 0 Å². The number of nitrogens with zero attached hydrogens (tertiary/aromatic N) is 1. The van der Waals surface area contributed by atoms with Crippen LogP contribution in [0.5, 0.6) is 0 Å². The van der Waals surface area contributed by atoms with E-state index in [2.05, 4.69) is 9.72 Å². The van der Waals surface area contributed by atoms with E-state index in [4.69, 9.17) is 17.3 Å². The van der Waals surface area contributed by atoms with Crippen LogP contribution in [0, 0.1) is 0 Å². The van der Waals surface area contributed by atoms with Crippen molar-refractivity contribution in [2.45, 2.75) is 18.9 Å². The van der Waals surface area contributed by atoms with Crippen molar-refractivity contribution in [3.63, 3.8) is 0 Å². The summed E-state index contributed by atoms with van der Waals surface area (Å²) in [6.45, 7) is 0. The van der Waals surface area contributed by atoms with Crippen LogP contribution in [0.2, 0.25) is 5.02 Å². The van der Waals surface area contributed by atoms with Gasteiger partial charge in [-0.15, -0.1) is 0 Å². The number of pyridine rings is 1. The molecule has 0 aliphatic rings. The van der Waals surface area contributed by atoms with E-state index in [-0.39, 0.29) is 18.4 Å². The summed E-state index contributed by atoms with van der Waals surface area (Å²) in [5.41, 5.74) is 6.52. The van der Waals surface area contributed by atoms with Gasteiger partial charge in [0.15, 0.2) is 0 Å². The molecule has 0 spiro atoms. The van der Waals surface area contributed by atoms with Gasteiger partial charge in [-0.2, -0.15) is 0 Å². The van der Waals surface area contributed by atoms with Crippen molar-refractivity contribution in [3.8, 4) is 0 Å². The highest BCUT2D eigenvalue weighted by Gasteiger charge is 2.10. The summed E-state index contributed by atoms with van der Waals surface area (Å²) in [5.74, 6) is -0.271. The zero-order valence-corrected chi connectivity index (χ0v) is 9.20. The Labute approximate surface area is 93.4 Å². The van der Waals surface area contributed by atoms with Crippen molar-refractivity contribution < 1.29 is 9.53 Å². The fourth-order valence-corrected chi connectivity index (χ4v) is 1.32. The second kappa shape index (κ2) is 5.68. The SMILES string of the molecule is COC(=O)CCC(N)c1cc(Cl)ccn1. The second-order valence-electron chi connectivity index (χ2n) is 3.12. The minimum atomic E-state index is -0.289. The van der Waals surface area contributed by atoms with E-state index in [9.17, 15) is 4.79 Å². The van der Waals surface area contributed by atoms with Crippen LogP contribution in [0.4, 0.5) is 0 Å². The third-order valence-electron chi connectivity index (χ3n) is 2.01. The van der Waals surface area contributed by atoms with Gasteiger partial charge in [-0.25, -0.2) is 0 Å². The Hall–Kier alpha value is -1.13. The molecule has 0 saturated heterocycles. The predicted molar refractivity (Wildman–Crippen MR) is 57.4 cm³/mol. The van der Waals surface area contributed by atoms with Gasteiger partial charge in [0.05, 0.1) is 12.8 Å². The highest BCUT2D eigenvalue weighted by Crippen LogP contribution is 2.17.